The molecule has 7 nitrogen and oxygen atoms in total. The molecule has 1 unspecified atom stereocenters. The number of ether oxygens (including phenoxy) is 2. The maximum Gasteiger partial charge on any atom is 0.306 e. The summed E-state index contributed by atoms with van der Waals surface area (Å²) in [6.07, 6.45) is 1.94. The SMILES string of the molecule is CCC(CC(=O)OC)c1cc([N+](=O)[O-])c(N(CC)C2CCOCC2)cc1F. The molecule has 1 aliphatic heterocycles. The molecule has 1 fully saturated rings. The fraction of sp³-hybridized carbons (Fsp3) is 0.632. The van der Waals surface area contributed by atoms with Gasteiger partial charge in [-0.15, -0.1) is 0 Å². The molecule has 150 valence electrons. The standard InChI is InChI=1S/C19H27FN2O5/c1-4-13(10-19(23)26-3)15-11-18(22(24)25)17(12-16(15)20)21(5-2)14-6-8-27-9-7-14/h11-14H,4-10H2,1-3H3. The first-order chi connectivity index (χ1) is 12.9. The minimum Gasteiger partial charge on any atom is -0.469 e. The number of nitro benzene ring substituents is 1. The van der Waals surface area contributed by atoms with Crippen LogP contribution in [-0.2, 0) is 14.3 Å². The minimum atomic E-state index is -0.531. The number of benzene rings is 1. The summed E-state index contributed by atoms with van der Waals surface area (Å²) in [5, 5.41) is 11.7. The van der Waals surface area contributed by atoms with E-state index in [2.05, 4.69) is 4.74 Å². The van der Waals surface area contributed by atoms with Crippen LogP contribution in [0.2, 0.25) is 0 Å². The van der Waals surface area contributed by atoms with Gasteiger partial charge < -0.3 is 14.4 Å². The van der Waals surface area contributed by atoms with Crippen molar-refractivity contribution in [1.29, 1.82) is 0 Å². The molecular formula is C19H27FN2O5. The van der Waals surface area contributed by atoms with E-state index in [-0.39, 0.29) is 29.4 Å². The number of nitrogens with zero attached hydrogens (tertiary/aromatic N) is 2. The Morgan fingerprint density at radius 1 is 1.41 bits per heavy atom. The van der Waals surface area contributed by atoms with E-state index >= 15 is 0 Å². The fourth-order valence-electron chi connectivity index (χ4n) is 3.64. The molecule has 1 aliphatic rings. The summed E-state index contributed by atoms with van der Waals surface area (Å²) in [5.41, 5.74) is 0.327. The number of carbonyl (C=O) groups is 1. The Kier molecular flexibility index (Phi) is 7.53. The van der Waals surface area contributed by atoms with Crippen LogP contribution in [0.4, 0.5) is 15.8 Å². The van der Waals surface area contributed by atoms with Crippen molar-refractivity contribution in [3.05, 3.63) is 33.6 Å². The van der Waals surface area contributed by atoms with Crippen LogP contribution in [0.3, 0.4) is 0 Å². The third kappa shape index (κ3) is 4.94. The highest BCUT2D eigenvalue weighted by Crippen LogP contribution is 2.37. The van der Waals surface area contributed by atoms with Crippen LogP contribution in [0.25, 0.3) is 0 Å². The lowest BCUT2D eigenvalue weighted by molar-refractivity contribution is -0.384. The number of methoxy groups -OCH3 is 1. The van der Waals surface area contributed by atoms with E-state index in [4.69, 9.17) is 4.74 Å². The zero-order chi connectivity index (χ0) is 20.0. The number of rotatable bonds is 8. The zero-order valence-corrected chi connectivity index (χ0v) is 16.1. The quantitative estimate of drug-likeness (QED) is 0.386. The van der Waals surface area contributed by atoms with Gasteiger partial charge in [0.15, 0.2) is 0 Å². The second-order valence-electron chi connectivity index (χ2n) is 6.63. The Balaban J connectivity index is 2.45. The minimum absolute atomic E-state index is 0.0160. The van der Waals surface area contributed by atoms with E-state index in [9.17, 15) is 19.3 Å². The van der Waals surface area contributed by atoms with E-state index < -0.39 is 22.6 Å². The smallest absolute Gasteiger partial charge is 0.306 e. The van der Waals surface area contributed by atoms with Gasteiger partial charge in [0.2, 0.25) is 0 Å². The van der Waals surface area contributed by atoms with E-state index in [0.29, 0.717) is 26.2 Å². The van der Waals surface area contributed by atoms with Crippen molar-refractivity contribution in [2.24, 2.45) is 0 Å². The highest BCUT2D eigenvalue weighted by Gasteiger charge is 2.30. The van der Waals surface area contributed by atoms with Crippen molar-refractivity contribution in [3.63, 3.8) is 0 Å². The van der Waals surface area contributed by atoms with Crippen molar-refractivity contribution < 1.29 is 23.6 Å². The molecule has 8 heteroatoms. The average molecular weight is 382 g/mol. The molecule has 1 aromatic rings. The Bertz CT molecular complexity index is 676. The molecule has 1 atom stereocenters. The molecule has 0 N–H and O–H groups in total. The number of carbonyl (C=O) groups excluding carboxylic acids is 1. The molecule has 0 aliphatic carbocycles. The van der Waals surface area contributed by atoms with Gasteiger partial charge in [0.1, 0.15) is 11.5 Å². The lowest BCUT2D eigenvalue weighted by Gasteiger charge is -2.35. The van der Waals surface area contributed by atoms with Crippen LogP contribution >= 0.6 is 0 Å². The number of hydrogen-bond acceptors (Lipinski definition) is 6. The second-order valence-corrected chi connectivity index (χ2v) is 6.63. The number of anilines is 1. The van der Waals surface area contributed by atoms with Crippen LogP contribution < -0.4 is 4.90 Å². The van der Waals surface area contributed by atoms with Gasteiger partial charge in [0, 0.05) is 37.9 Å². The molecular weight excluding hydrogens is 355 g/mol. The van der Waals surface area contributed by atoms with Crippen molar-refractivity contribution in [1.82, 2.24) is 0 Å². The van der Waals surface area contributed by atoms with Crippen LogP contribution in [0.15, 0.2) is 12.1 Å². The predicted octanol–water partition coefficient (Wildman–Crippen LogP) is 3.80. The Hall–Kier alpha value is -2.22. The fourth-order valence-corrected chi connectivity index (χ4v) is 3.64. The van der Waals surface area contributed by atoms with E-state index in [1.807, 2.05) is 18.7 Å². The molecule has 2 rings (SSSR count). The molecule has 27 heavy (non-hydrogen) atoms. The van der Waals surface area contributed by atoms with Gasteiger partial charge >= 0.3 is 5.97 Å². The van der Waals surface area contributed by atoms with Crippen molar-refractivity contribution >= 4 is 17.3 Å². The first-order valence-electron chi connectivity index (χ1n) is 9.31. The van der Waals surface area contributed by atoms with Crippen molar-refractivity contribution in [2.45, 2.75) is 51.5 Å². The molecule has 0 bridgehead atoms. The van der Waals surface area contributed by atoms with Crippen molar-refractivity contribution in [2.75, 3.05) is 31.8 Å². The summed E-state index contributed by atoms with van der Waals surface area (Å²) in [7, 11) is 1.27. The summed E-state index contributed by atoms with van der Waals surface area (Å²) < 4.78 is 25.0. The predicted molar refractivity (Wildman–Crippen MR) is 99.6 cm³/mol. The Morgan fingerprint density at radius 3 is 2.59 bits per heavy atom. The molecule has 0 spiro atoms. The molecule has 0 saturated carbocycles. The zero-order valence-electron chi connectivity index (χ0n) is 16.1. The lowest BCUT2D eigenvalue weighted by Crippen LogP contribution is -2.39. The maximum absolute atomic E-state index is 14.9. The molecule has 1 aromatic carbocycles. The van der Waals surface area contributed by atoms with Gasteiger partial charge in [-0.25, -0.2) is 4.39 Å². The Labute approximate surface area is 158 Å². The van der Waals surface area contributed by atoms with E-state index in [0.717, 1.165) is 12.8 Å². The Morgan fingerprint density at radius 2 is 2.07 bits per heavy atom. The monoisotopic (exact) mass is 382 g/mol. The largest absolute Gasteiger partial charge is 0.469 e. The third-order valence-corrected chi connectivity index (χ3v) is 5.15. The highest BCUT2D eigenvalue weighted by molar-refractivity contribution is 5.71. The maximum atomic E-state index is 14.9. The normalized spacial score (nSPS) is 16.0. The number of esters is 1. The molecule has 1 saturated heterocycles. The summed E-state index contributed by atoms with van der Waals surface area (Å²) in [5.74, 6) is -1.47. The van der Waals surface area contributed by atoms with Gasteiger partial charge in [-0.1, -0.05) is 6.92 Å². The van der Waals surface area contributed by atoms with Crippen LogP contribution in [0.1, 0.15) is 51.0 Å². The van der Waals surface area contributed by atoms with Gasteiger partial charge in [-0.05, 0) is 37.7 Å². The van der Waals surface area contributed by atoms with Gasteiger partial charge in [0.25, 0.3) is 5.69 Å². The van der Waals surface area contributed by atoms with Gasteiger partial charge in [-0.3, -0.25) is 14.9 Å². The molecule has 0 radical (unpaired) electrons. The summed E-state index contributed by atoms with van der Waals surface area (Å²) in [6.45, 7) is 5.42. The average Bonchev–Trinajstić information content (AvgIpc) is 2.67. The number of nitro groups is 1. The molecule has 0 amide bonds. The van der Waals surface area contributed by atoms with Gasteiger partial charge in [0.05, 0.1) is 18.5 Å². The number of halogens is 1. The van der Waals surface area contributed by atoms with E-state index in [1.54, 1.807) is 0 Å². The third-order valence-electron chi connectivity index (χ3n) is 5.15. The highest BCUT2D eigenvalue weighted by atomic mass is 19.1. The second kappa shape index (κ2) is 9.64. The lowest BCUT2D eigenvalue weighted by atomic mass is 9.91. The topological polar surface area (TPSA) is 81.9 Å². The summed E-state index contributed by atoms with van der Waals surface area (Å²) in [4.78, 5) is 24.7. The van der Waals surface area contributed by atoms with E-state index in [1.165, 1.54) is 19.2 Å². The van der Waals surface area contributed by atoms with Crippen molar-refractivity contribution in [3.8, 4) is 0 Å². The van der Waals surface area contributed by atoms with Crippen LogP contribution in [0.5, 0.6) is 0 Å². The van der Waals surface area contributed by atoms with Crippen LogP contribution in [0, 0.1) is 15.9 Å². The summed E-state index contributed by atoms with van der Waals surface area (Å²) in [6, 6.07) is 2.60. The first kappa shape index (κ1) is 21.1. The van der Waals surface area contributed by atoms with Gasteiger partial charge in [-0.2, -0.15) is 0 Å². The first-order valence-corrected chi connectivity index (χ1v) is 9.31. The molecule has 1 heterocycles. The molecule has 0 aromatic heterocycles. The van der Waals surface area contributed by atoms with Crippen LogP contribution in [-0.4, -0.2) is 43.8 Å². The summed E-state index contributed by atoms with van der Waals surface area (Å²) >= 11 is 0. The number of hydrogen-bond donors (Lipinski definition) is 0.